The van der Waals surface area contributed by atoms with Crippen LogP contribution in [-0.2, 0) is 16.0 Å². The predicted octanol–water partition coefficient (Wildman–Crippen LogP) is 1.77. The highest BCUT2D eigenvalue weighted by molar-refractivity contribution is 6.21. The van der Waals surface area contributed by atoms with Crippen molar-refractivity contribution in [1.82, 2.24) is 4.90 Å². The van der Waals surface area contributed by atoms with E-state index in [1.54, 1.807) is 24.3 Å². The summed E-state index contributed by atoms with van der Waals surface area (Å²) in [6, 6.07) is 12.8. The first-order valence-corrected chi connectivity index (χ1v) is 8.30. The van der Waals surface area contributed by atoms with Gasteiger partial charge in [-0.2, -0.15) is 5.26 Å². The summed E-state index contributed by atoms with van der Waals surface area (Å²) in [6.07, 6.45) is 0.274. The van der Waals surface area contributed by atoms with Crippen LogP contribution in [0.1, 0.15) is 36.6 Å². The van der Waals surface area contributed by atoms with Gasteiger partial charge in [-0.05, 0) is 35.9 Å². The molecule has 3 rings (SSSR count). The van der Waals surface area contributed by atoms with Gasteiger partial charge in [-0.25, -0.2) is 4.79 Å². The number of imide groups is 1. The van der Waals surface area contributed by atoms with Crippen molar-refractivity contribution in [3.63, 3.8) is 0 Å². The fraction of sp³-hybridized carbons (Fsp3) is 0.150. The summed E-state index contributed by atoms with van der Waals surface area (Å²) in [4.78, 5) is 48.9. The molecule has 0 atom stereocenters. The van der Waals surface area contributed by atoms with Gasteiger partial charge in [0.25, 0.3) is 17.7 Å². The average molecular weight is 377 g/mol. The summed E-state index contributed by atoms with van der Waals surface area (Å²) in [5.74, 6) is -2.24. The zero-order valence-electron chi connectivity index (χ0n) is 14.9. The lowest BCUT2D eigenvalue weighted by atomic mass is 10.1. The molecule has 8 nitrogen and oxygen atoms in total. The summed E-state index contributed by atoms with van der Waals surface area (Å²) in [5.41, 5.74) is 1.75. The van der Waals surface area contributed by atoms with E-state index in [1.165, 1.54) is 25.2 Å². The van der Waals surface area contributed by atoms with Crippen molar-refractivity contribution in [2.45, 2.75) is 6.42 Å². The van der Waals surface area contributed by atoms with Crippen molar-refractivity contribution in [2.75, 3.05) is 19.0 Å². The first kappa shape index (κ1) is 18.8. The van der Waals surface area contributed by atoms with Crippen LogP contribution in [0.5, 0.6) is 0 Å². The number of benzene rings is 2. The first-order chi connectivity index (χ1) is 13.4. The minimum atomic E-state index is -0.780. The summed E-state index contributed by atoms with van der Waals surface area (Å²) < 4.78 is 4.97. The van der Waals surface area contributed by atoms with Crippen LogP contribution in [-0.4, -0.2) is 42.2 Å². The number of nitriles is 1. The molecule has 1 aliphatic heterocycles. The van der Waals surface area contributed by atoms with Crippen LogP contribution in [0.4, 0.5) is 5.69 Å². The molecule has 0 aliphatic carbocycles. The lowest BCUT2D eigenvalue weighted by Gasteiger charge is -2.07. The third-order valence-electron chi connectivity index (χ3n) is 4.18. The molecule has 1 heterocycles. The Morgan fingerprint density at radius 3 is 2.43 bits per heavy atom. The monoisotopic (exact) mass is 377 g/mol. The molecule has 0 fully saturated rings. The molecule has 0 bridgehead atoms. The third-order valence-corrected chi connectivity index (χ3v) is 4.18. The second-order valence-electron chi connectivity index (χ2n) is 6.09. The Morgan fingerprint density at radius 2 is 1.75 bits per heavy atom. The van der Waals surface area contributed by atoms with Crippen molar-refractivity contribution in [2.24, 2.45) is 0 Å². The van der Waals surface area contributed by atoms with Gasteiger partial charge in [-0.1, -0.05) is 12.1 Å². The van der Waals surface area contributed by atoms with E-state index in [-0.39, 0.29) is 23.1 Å². The van der Waals surface area contributed by atoms with E-state index >= 15 is 0 Å². The number of anilines is 1. The van der Waals surface area contributed by atoms with E-state index in [0.717, 1.165) is 10.5 Å². The summed E-state index contributed by atoms with van der Waals surface area (Å²) in [6.45, 7) is -0.511. The van der Waals surface area contributed by atoms with E-state index in [1.807, 2.05) is 6.07 Å². The standard InChI is InChI=1S/C20H15N3O5/c1-23-18(25)15-7-4-13(10-16(15)19(23)26)20(27)28-11-17(24)22-14-5-2-12(3-6-14)8-9-21/h2-7,10H,8,11H2,1H3,(H,22,24). The third kappa shape index (κ3) is 3.73. The Kier molecular flexibility index (Phi) is 5.18. The maximum absolute atomic E-state index is 12.1. The van der Waals surface area contributed by atoms with Crippen LogP contribution in [0.3, 0.4) is 0 Å². The van der Waals surface area contributed by atoms with E-state index in [9.17, 15) is 19.2 Å². The van der Waals surface area contributed by atoms with Gasteiger partial charge in [-0.3, -0.25) is 19.3 Å². The van der Waals surface area contributed by atoms with Crippen LogP contribution in [0.15, 0.2) is 42.5 Å². The molecular formula is C20H15N3O5. The number of hydrogen-bond acceptors (Lipinski definition) is 6. The van der Waals surface area contributed by atoms with Gasteiger partial charge in [0.15, 0.2) is 6.61 Å². The van der Waals surface area contributed by atoms with Gasteiger partial charge in [0.2, 0.25) is 0 Å². The Hall–Kier alpha value is -3.99. The van der Waals surface area contributed by atoms with E-state index in [2.05, 4.69) is 5.32 Å². The smallest absolute Gasteiger partial charge is 0.338 e. The van der Waals surface area contributed by atoms with Crippen LogP contribution in [0, 0.1) is 11.3 Å². The van der Waals surface area contributed by atoms with Gasteiger partial charge in [0, 0.05) is 12.7 Å². The fourth-order valence-corrected chi connectivity index (χ4v) is 2.70. The second kappa shape index (κ2) is 7.72. The molecule has 28 heavy (non-hydrogen) atoms. The summed E-state index contributed by atoms with van der Waals surface area (Å²) in [5, 5.41) is 11.2. The maximum Gasteiger partial charge on any atom is 0.338 e. The minimum absolute atomic E-state index is 0.0730. The Bertz CT molecular complexity index is 1020. The van der Waals surface area contributed by atoms with Crippen molar-refractivity contribution in [3.8, 4) is 6.07 Å². The molecule has 2 aromatic rings. The molecule has 3 amide bonds. The second-order valence-corrected chi connectivity index (χ2v) is 6.09. The predicted molar refractivity (Wildman–Crippen MR) is 97.5 cm³/mol. The van der Waals surface area contributed by atoms with Crippen LogP contribution >= 0.6 is 0 Å². The van der Waals surface area contributed by atoms with Crippen LogP contribution < -0.4 is 5.32 Å². The first-order valence-electron chi connectivity index (χ1n) is 8.30. The van der Waals surface area contributed by atoms with Gasteiger partial charge in [-0.15, -0.1) is 0 Å². The molecule has 0 unspecified atom stereocenters. The van der Waals surface area contributed by atoms with Gasteiger partial charge < -0.3 is 10.1 Å². The van der Waals surface area contributed by atoms with Gasteiger partial charge in [0.1, 0.15) is 0 Å². The molecule has 0 spiro atoms. The molecular weight excluding hydrogens is 362 g/mol. The highest BCUT2D eigenvalue weighted by atomic mass is 16.5. The average Bonchev–Trinajstić information content (AvgIpc) is 2.91. The summed E-state index contributed by atoms with van der Waals surface area (Å²) >= 11 is 0. The molecule has 8 heteroatoms. The number of hydrogen-bond donors (Lipinski definition) is 1. The Morgan fingerprint density at radius 1 is 1.07 bits per heavy atom. The number of carbonyl (C=O) groups is 4. The Balaban J connectivity index is 1.58. The number of ether oxygens (including phenoxy) is 1. The summed E-state index contributed by atoms with van der Waals surface area (Å²) in [7, 11) is 1.36. The number of amides is 3. The molecule has 0 radical (unpaired) electrons. The lowest BCUT2D eigenvalue weighted by molar-refractivity contribution is -0.119. The largest absolute Gasteiger partial charge is 0.452 e. The van der Waals surface area contributed by atoms with Gasteiger partial charge in [0.05, 0.1) is 29.2 Å². The van der Waals surface area contributed by atoms with E-state index in [0.29, 0.717) is 5.69 Å². The zero-order valence-corrected chi connectivity index (χ0v) is 14.9. The number of esters is 1. The normalized spacial score (nSPS) is 12.4. The van der Waals surface area contributed by atoms with Crippen molar-refractivity contribution in [3.05, 3.63) is 64.7 Å². The SMILES string of the molecule is CN1C(=O)c2ccc(C(=O)OCC(=O)Nc3ccc(CC#N)cc3)cc2C1=O. The number of nitrogens with zero attached hydrogens (tertiary/aromatic N) is 2. The lowest BCUT2D eigenvalue weighted by Crippen LogP contribution is -2.24. The Labute approximate surface area is 160 Å². The van der Waals surface area contributed by atoms with Crippen LogP contribution in [0.25, 0.3) is 0 Å². The van der Waals surface area contributed by atoms with Gasteiger partial charge >= 0.3 is 5.97 Å². The highest BCUT2D eigenvalue weighted by Crippen LogP contribution is 2.23. The topological polar surface area (TPSA) is 117 Å². The molecule has 0 aromatic heterocycles. The van der Waals surface area contributed by atoms with Crippen molar-refractivity contribution >= 4 is 29.4 Å². The fourth-order valence-electron chi connectivity index (χ4n) is 2.70. The van der Waals surface area contributed by atoms with E-state index < -0.39 is 30.3 Å². The molecule has 140 valence electrons. The van der Waals surface area contributed by atoms with Crippen molar-refractivity contribution < 1.29 is 23.9 Å². The van der Waals surface area contributed by atoms with Crippen molar-refractivity contribution in [1.29, 1.82) is 5.26 Å². The quantitative estimate of drug-likeness (QED) is 0.627. The maximum atomic E-state index is 12.1. The molecule has 0 saturated carbocycles. The number of carbonyl (C=O) groups excluding carboxylic acids is 4. The number of fused-ring (bicyclic) bond motifs is 1. The zero-order chi connectivity index (χ0) is 20.3. The highest BCUT2D eigenvalue weighted by Gasteiger charge is 2.33. The molecule has 2 aromatic carbocycles. The van der Waals surface area contributed by atoms with E-state index in [4.69, 9.17) is 10.00 Å². The van der Waals surface area contributed by atoms with Crippen LogP contribution in [0.2, 0.25) is 0 Å². The number of rotatable bonds is 5. The molecule has 1 aliphatic rings. The number of nitrogens with one attached hydrogen (secondary N) is 1. The molecule has 1 N–H and O–H groups in total. The minimum Gasteiger partial charge on any atom is -0.452 e. The molecule has 0 saturated heterocycles.